The maximum Gasteiger partial charge on any atom is 0.341 e. The predicted molar refractivity (Wildman–Crippen MR) is 102 cm³/mol. The number of ether oxygens (including phenoxy) is 2. The molecule has 0 aliphatic rings. The quantitative estimate of drug-likeness (QED) is 0.733. The highest BCUT2D eigenvalue weighted by atomic mass is 16.5. The van der Waals surface area contributed by atoms with Crippen molar-refractivity contribution in [2.45, 2.75) is 32.9 Å². The van der Waals surface area contributed by atoms with Gasteiger partial charge in [-0.1, -0.05) is 24.3 Å². The third-order valence-electron chi connectivity index (χ3n) is 3.76. The van der Waals surface area contributed by atoms with Crippen LogP contribution >= 0.6 is 0 Å². The molecule has 0 fully saturated rings. The molecular formula is C21H25NO5. The van der Waals surface area contributed by atoms with Crippen LogP contribution in [0.5, 0.6) is 11.5 Å². The van der Waals surface area contributed by atoms with Crippen LogP contribution in [0.4, 0.5) is 0 Å². The van der Waals surface area contributed by atoms with Crippen molar-refractivity contribution in [1.82, 2.24) is 4.90 Å². The van der Waals surface area contributed by atoms with E-state index >= 15 is 0 Å². The van der Waals surface area contributed by atoms with Crippen molar-refractivity contribution in [3.05, 3.63) is 59.7 Å². The van der Waals surface area contributed by atoms with E-state index in [-0.39, 0.29) is 18.6 Å². The second-order valence-corrected chi connectivity index (χ2v) is 6.57. The lowest BCUT2D eigenvalue weighted by Gasteiger charge is -2.18. The van der Waals surface area contributed by atoms with Crippen LogP contribution in [0.2, 0.25) is 0 Å². The molecule has 0 aliphatic heterocycles. The first kappa shape index (κ1) is 20.3. The molecule has 1 amide bonds. The molecule has 6 nitrogen and oxygen atoms in total. The Labute approximate surface area is 159 Å². The summed E-state index contributed by atoms with van der Waals surface area (Å²) in [5.74, 6) is 0.224. The highest BCUT2D eigenvalue weighted by Crippen LogP contribution is 2.17. The van der Waals surface area contributed by atoms with Crippen LogP contribution < -0.4 is 9.47 Å². The molecule has 0 aliphatic carbocycles. The lowest BCUT2D eigenvalue weighted by atomic mass is 10.1. The smallest absolute Gasteiger partial charge is 0.341 e. The molecule has 0 saturated heterocycles. The van der Waals surface area contributed by atoms with E-state index < -0.39 is 5.97 Å². The first-order chi connectivity index (χ1) is 12.8. The van der Waals surface area contributed by atoms with Gasteiger partial charge in [0.15, 0.2) is 6.61 Å². The summed E-state index contributed by atoms with van der Waals surface area (Å²) in [5.41, 5.74) is 1.84. The van der Waals surface area contributed by atoms with Crippen molar-refractivity contribution in [3.63, 3.8) is 0 Å². The monoisotopic (exact) mass is 371 g/mol. The van der Waals surface area contributed by atoms with Crippen LogP contribution in [0.15, 0.2) is 48.5 Å². The Kier molecular flexibility index (Phi) is 7.23. The van der Waals surface area contributed by atoms with E-state index in [0.717, 1.165) is 16.9 Å². The Balaban J connectivity index is 1.90. The second kappa shape index (κ2) is 9.62. The number of carbonyl (C=O) groups excluding carboxylic acids is 1. The third kappa shape index (κ3) is 7.01. The Morgan fingerprint density at radius 2 is 1.74 bits per heavy atom. The average molecular weight is 371 g/mol. The van der Waals surface area contributed by atoms with E-state index in [1.165, 1.54) is 0 Å². The number of carboxylic acid groups (broad SMARTS) is 1. The van der Waals surface area contributed by atoms with Crippen LogP contribution in [0.3, 0.4) is 0 Å². The Morgan fingerprint density at radius 1 is 1.04 bits per heavy atom. The fourth-order valence-electron chi connectivity index (χ4n) is 2.51. The molecule has 0 atom stereocenters. The number of likely N-dealkylation sites (N-methyl/N-ethyl adjacent to an activating group) is 1. The van der Waals surface area contributed by atoms with Crippen molar-refractivity contribution in [2.75, 3.05) is 13.7 Å². The number of carboxylic acids is 1. The summed E-state index contributed by atoms with van der Waals surface area (Å²) in [4.78, 5) is 24.7. The van der Waals surface area contributed by atoms with Crippen LogP contribution in [0, 0.1) is 0 Å². The lowest BCUT2D eigenvalue weighted by Crippen LogP contribution is -2.27. The van der Waals surface area contributed by atoms with E-state index in [1.54, 1.807) is 24.1 Å². The molecule has 0 spiro atoms. The molecule has 0 bridgehead atoms. The van der Waals surface area contributed by atoms with E-state index in [4.69, 9.17) is 14.6 Å². The summed E-state index contributed by atoms with van der Waals surface area (Å²) in [6.45, 7) is 4.00. The van der Waals surface area contributed by atoms with Crippen molar-refractivity contribution < 1.29 is 24.2 Å². The number of hydrogen-bond acceptors (Lipinski definition) is 4. The number of rotatable bonds is 9. The van der Waals surface area contributed by atoms with Gasteiger partial charge in [-0.2, -0.15) is 0 Å². The van der Waals surface area contributed by atoms with E-state index in [2.05, 4.69) is 0 Å². The highest BCUT2D eigenvalue weighted by Gasteiger charge is 2.11. The molecule has 2 aromatic rings. The zero-order valence-electron chi connectivity index (χ0n) is 15.8. The summed E-state index contributed by atoms with van der Waals surface area (Å²) < 4.78 is 10.8. The van der Waals surface area contributed by atoms with Crippen LogP contribution in [0.25, 0.3) is 0 Å². The van der Waals surface area contributed by atoms with Crippen molar-refractivity contribution in [2.24, 2.45) is 0 Å². The summed E-state index contributed by atoms with van der Waals surface area (Å²) in [6, 6.07) is 14.6. The number of aliphatic carboxylic acids is 1. The van der Waals surface area contributed by atoms with Gasteiger partial charge in [0.1, 0.15) is 11.5 Å². The topological polar surface area (TPSA) is 76.1 Å². The summed E-state index contributed by atoms with van der Waals surface area (Å²) >= 11 is 0. The summed E-state index contributed by atoms with van der Waals surface area (Å²) in [7, 11) is 1.76. The minimum atomic E-state index is -1.02. The number of carbonyl (C=O) groups is 2. The molecule has 144 valence electrons. The first-order valence-corrected chi connectivity index (χ1v) is 8.76. The average Bonchev–Trinajstić information content (AvgIpc) is 2.60. The number of amides is 1. The van der Waals surface area contributed by atoms with Crippen LogP contribution in [0.1, 0.15) is 25.0 Å². The first-order valence-electron chi connectivity index (χ1n) is 8.76. The molecule has 27 heavy (non-hydrogen) atoms. The van der Waals surface area contributed by atoms with Crippen molar-refractivity contribution >= 4 is 11.9 Å². The van der Waals surface area contributed by atoms with Gasteiger partial charge in [0.2, 0.25) is 5.91 Å². The van der Waals surface area contributed by atoms with E-state index in [9.17, 15) is 9.59 Å². The second-order valence-electron chi connectivity index (χ2n) is 6.57. The SMILES string of the molecule is CC(C)Oc1cccc(CC(=O)N(C)Cc2ccc(OCC(=O)O)cc2)c1. The Hall–Kier alpha value is -3.02. The van der Waals surface area contributed by atoms with Gasteiger partial charge >= 0.3 is 5.97 Å². The molecule has 0 saturated carbocycles. The minimum Gasteiger partial charge on any atom is -0.491 e. The Bertz CT molecular complexity index is 770. The van der Waals surface area contributed by atoms with Gasteiger partial charge in [-0.3, -0.25) is 4.79 Å². The molecule has 2 aromatic carbocycles. The minimum absolute atomic E-state index is 0.00269. The normalized spacial score (nSPS) is 10.5. The summed E-state index contributed by atoms with van der Waals surface area (Å²) in [5, 5.41) is 8.61. The van der Waals surface area contributed by atoms with Gasteiger partial charge in [0, 0.05) is 13.6 Å². The fraction of sp³-hybridized carbons (Fsp3) is 0.333. The largest absolute Gasteiger partial charge is 0.491 e. The molecule has 0 heterocycles. The lowest BCUT2D eigenvalue weighted by molar-refractivity contribution is -0.139. The zero-order chi connectivity index (χ0) is 19.8. The third-order valence-corrected chi connectivity index (χ3v) is 3.76. The van der Waals surface area contributed by atoms with Crippen LogP contribution in [-0.2, 0) is 22.6 Å². The van der Waals surface area contributed by atoms with Gasteiger partial charge in [-0.25, -0.2) is 4.79 Å². The maximum atomic E-state index is 12.5. The van der Waals surface area contributed by atoms with Crippen molar-refractivity contribution in [3.8, 4) is 11.5 Å². The van der Waals surface area contributed by atoms with Gasteiger partial charge in [-0.15, -0.1) is 0 Å². The van der Waals surface area contributed by atoms with Gasteiger partial charge in [0.25, 0.3) is 0 Å². The number of benzene rings is 2. The molecule has 6 heteroatoms. The van der Waals surface area contributed by atoms with E-state index in [1.807, 2.05) is 50.2 Å². The Morgan fingerprint density at radius 3 is 2.37 bits per heavy atom. The van der Waals surface area contributed by atoms with Gasteiger partial charge in [-0.05, 0) is 49.2 Å². The molecular weight excluding hydrogens is 346 g/mol. The summed E-state index contributed by atoms with van der Waals surface area (Å²) in [6.07, 6.45) is 0.382. The standard InChI is InChI=1S/C21H25NO5/c1-15(2)27-19-6-4-5-17(11-19)12-20(23)22(3)13-16-7-9-18(10-8-16)26-14-21(24)25/h4-11,15H,12-14H2,1-3H3,(H,24,25). The van der Waals surface area contributed by atoms with E-state index in [0.29, 0.717) is 18.7 Å². The van der Waals surface area contributed by atoms with Crippen LogP contribution in [-0.4, -0.2) is 41.6 Å². The number of hydrogen-bond donors (Lipinski definition) is 1. The maximum absolute atomic E-state index is 12.5. The molecule has 1 N–H and O–H groups in total. The fourth-order valence-corrected chi connectivity index (χ4v) is 2.51. The molecule has 0 aromatic heterocycles. The van der Waals surface area contributed by atoms with Gasteiger partial charge < -0.3 is 19.5 Å². The molecule has 0 radical (unpaired) electrons. The highest BCUT2D eigenvalue weighted by molar-refractivity contribution is 5.78. The zero-order valence-corrected chi connectivity index (χ0v) is 15.8. The van der Waals surface area contributed by atoms with Gasteiger partial charge in [0.05, 0.1) is 12.5 Å². The number of nitrogens with zero attached hydrogens (tertiary/aromatic N) is 1. The molecule has 0 unspecified atom stereocenters. The van der Waals surface area contributed by atoms with Crippen molar-refractivity contribution in [1.29, 1.82) is 0 Å². The predicted octanol–water partition coefficient (Wildman–Crippen LogP) is 3.14. The molecule has 2 rings (SSSR count).